The zero-order chi connectivity index (χ0) is 12.5. The molecule has 0 amide bonds. The van der Waals surface area contributed by atoms with Crippen LogP contribution < -0.4 is 5.73 Å². The number of hydrogen-bond donors (Lipinski definition) is 2. The lowest BCUT2D eigenvalue weighted by Gasteiger charge is -2.32. The minimum absolute atomic E-state index is 0.368. The van der Waals surface area contributed by atoms with E-state index in [0.29, 0.717) is 35.4 Å². The third kappa shape index (κ3) is 2.44. The zero-order valence-electron chi connectivity index (χ0n) is 9.33. The lowest BCUT2D eigenvalue weighted by molar-refractivity contribution is 0.0191. The SMILES string of the molecule is NCC1(C(O)c2ccc(Cl)cc2Cl)CCOC1. The zero-order valence-corrected chi connectivity index (χ0v) is 10.8. The van der Waals surface area contributed by atoms with Crippen molar-refractivity contribution in [1.82, 2.24) is 0 Å². The molecule has 1 aliphatic heterocycles. The van der Waals surface area contributed by atoms with Gasteiger partial charge in [0.1, 0.15) is 0 Å². The Morgan fingerprint density at radius 1 is 1.47 bits per heavy atom. The number of halogens is 2. The maximum absolute atomic E-state index is 10.5. The molecular formula is C12H15Cl2NO2. The molecule has 0 spiro atoms. The van der Waals surface area contributed by atoms with Crippen LogP contribution in [0, 0.1) is 5.41 Å². The summed E-state index contributed by atoms with van der Waals surface area (Å²) in [5, 5.41) is 11.5. The second kappa shape index (κ2) is 5.12. The van der Waals surface area contributed by atoms with Crippen molar-refractivity contribution in [3.05, 3.63) is 33.8 Å². The summed E-state index contributed by atoms with van der Waals surface area (Å²) in [4.78, 5) is 0. The highest BCUT2D eigenvalue weighted by Crippen LogP contribution is 2.42. The number of benzene rings is 1. The highest BCUT2D eigenvalue weighted by molar-refractivity contribution is 6.35. The first-order valence-electron chi connectivity index (χ1n) is 5.50. The standard InChI is InChI=1S/C12H15Cl2NO2/c13-8-1-2-9(10(14)5-8)11(16)12(6-15)3-4-17-7-12/h1-2,5,11,16H,3-4,6-7,15H2. The second-order valence-corrected chi connectivity index (χ2v) is 5.28. The van der Waals surface area contributed by atoms with E-state index < -0.39 is 11.5 Å². The molecule has 0 saturated carbocycles. The molecule has 94 valence electrons. The van der Waals surface area contributed by atoms with Crippen LogP contribution in [0.4, 0.5) is 0 Å². The number of ether oxygens (including phenoxy) is 1. The van der Waals surface area contributed by atoms with Crippen LogP contribution in [0.25, 0.3) is 0 Å². The number of rotatable bonds is 3. The van der Waals surface area contributed by atoms with Crippen LogP contribution in [0.15, 0.2) is 18.2 Å². The third-order valence-electron chi connectivity index (χ3n) is 3.38. The molecule has 0 radical (unpaired) electrons. The van der Waals surface area contributed by atoms with Gasteiger partial charge in [-0.15, -0.1) is 0 Å². The van der Waals surface area contributed by atoms with E-state index in [4.69, 9.17) is 33.7 Å². The summed E-state index contributed by atoms with van der Waals surface area (Å²) in [6.45, 7) is 1.45. The predicted octanol–water partition coefficient (Wildman–Crippen LogP) is 2.39. The fourth-order valence-corrected chi connectivity index (χ4v) is 2.68. The number of aliphatic hydroxyl groups is 1. The van der Waals surface area contributed by atoms with E-state index in [2.05, 4.69) is 0 Å². The summed E-state index contributed by atoms with van der Waals surface area (Å²) in [5.41, 5.74) is 6.00. The van der Waals surface area contributed by atoms with Crippen LogP contribution in [-0.2, 0) is 4.74 Å². The second-order valence-electron chi connectivity index (χ2n) is 4.44. The van der Waals surface area contributed by atoms with Gasteiger partial charge in [0.2, 0.25) is 0 Å². The van der Waals surface area contributed by atoms with E-state index in [1.54, 1.807) is 18.2 Å². The summed E-state index contributed by atoms with van der Waals surface area (Å²) < 4.78 is 5.35. The summed E-state index contributed by atoms with van der Waals surface area (Å²) in [7, 11) is 0. The monoisotopic (exact) mass is 275 g/mol. The van der Waals surface area contributed by atoms with Crippen molar-refractivity contribution in [3.8, 4) is 0 Å². The Morgan fingerprint density at radius 2 is 2.24 bits per heavy atom. The average Bonchev–Trinajstić information content (AvgIpc) is 2.78. The van der Waals surface area contributed by atoms with Crippen LogP contribution in [-0.4, -0.2) is 24.9 Å². The van der Waals surface area contributed by atoms with Crippen LogP contribution in [0.5, 0.6) is 0 Å². The maximum atomic E-state index is 10.5. The fraction of sp³-hybridized carbons (Fsp3) is 0.500. The highest BCUT2D eigenvalue weighted by Gasteiger charge is 2.42. The van der Waals surface area contributed by atoms with E-state index in [9.17, 15) is 5.11 Å². The van der Waals surface area contributed by atoms with Gasteiger partial charge >= 0.3 is 0 Å². The third-order valence-corrected chi connectivity index (χ3v) is 3.94. The molecule has 3 nitrogen and oxygen atoms in total. The molecule has 1 fully saturated rings. The minimum Gasteiger partial charge on any atom is -0.388 e. The molecule has 1 saturated heterocycles. The minimum atomic E-state index is -0.722. The van der Waals surface area contributed by atoms with Gasteiger partial charge in [0, 0.05) is 28.6 Å². The number of hydrogen-bond acceptors (Lipinski definition) is 3. The molecule has 2 atom stereocenters. The van der Waals surface area contributed by atoms with Gasteiger partial charge in [0.05, 0.1) is 12.7 Å². The molecule has 3 N–H and O–H groups in total. The molecule has 0 aromatic heterocycles. The van der Waals surface area contributed by atoms with Crippen LogP contribution in [0.1, 0.15) is 18.1 Å². The Balaban J connectivity index is 2.32. The van der Waals surface area contributed by atoms with Crippen molar-refractivity contribution < 1.29 is 9.84 Å². The van der Waals surface area contributed by atoms with Crippen molar-refractivity contribution in [2.45, 2.75) is 12.5 Å². The van der Waals surface area contributed by atoms with E-state index >= 15 is 0 Å². The summed E-state index contributed by atoms with van der Waals surface area (Å²) in [6, 6.07) is 5.08. The first kappa shape index (κ1) is 13.1. The fourth-order valence-electron chi connectivity index (χ4n) is 2.16. The van der Waals surface area contributed by atoms with E-state index in [1.807, 2.05) is 0 Å². The van der Waals surface area contributed by atoms with Gasteiger partial charge < -0.3 is 15.6 Å². The molecule has 1 heterocycles. The maximum Gasteiger partial charge on any atom is 0.0895 e. The molecule has 0 aliphatic carbocycles. The van der Waals surface area contributed by atoms with Gasteiger partial charge in [0.25, 0.3) is 0 Å². The Bertz CT molecular complexity index is 405. The molecule has 1 aromatic carbocycles. The molecule has 2 rings (SSSR count). The quantitative estimate of drug-likeness (QED) is 0.891. The lowest BCUT2D eigenvalue weighted by atomic mass is 9.78. The molecule has 1 aliphatic rings. The first-order valence-corrected chi connectivity index (χ1v) is 6.25. The molecule has 17 heavy (non-hydrogen) atoms. The van der Waals surface area contributed by atoms with Crippen molar-refractivity contribution >= 4 is 23.2 Å². The predicted molar refractivity (Wildman–Crippen MR) is 68.3 cm³/mol. The summed E-state index contributed by atoms with van der Waals surface area (Å²) in [5.74, 6) is 0. The van der Waals surface area contributed by atoms with Crippen LogP contribution >= 0.6 is 23.2 Å². The first-order chi connectivity index (χ1) is 8.09. The molecule has 5 heteroatoms. The Kier molecular flexibility index (Phi) is 3.95. The van der Waals surface area contributed by atoms with E-state index in [0.717, 1.165) is 6.42 Å². The van der Waals surface area contributed by atoms with Gasteiger partial charge in [0.15, 0.2) is 0 Å². The Labute approximate surface area is 110 Å². The summed E-state index contributed by atoms with van der Waals surface area (Å²) in [6.07, 6.45) is 0.0173. The number of aliphatic hydroxyl groups excluding tert-OH is 1. The van der Waals surface area contributed by atoms with Crippen molar-refractivity contribution in [2.24, 2.45) is 11.1 Å². The largest absolute Gasteiger partial charge is 0.388 e. The highest BCUT2D eigenvalue weighted by atomic mass is 35.5. The normalized spacial score (nSPS) is 26.1. The van der Waals surface area contributed by atoms with Crippen molar-refractivity contribution in [3.63, 3.8) is 0 Å². The van der Waals surface area contributed by atoms with Gasteiger partial charge in [-0.25, -0.2) is 0 Å². The lowest BCUT2D eigenvalue weighted by Crippen LogP contribution is -2.37. The molecular weight excluding hydrogens is 261 g/mol. The van der Waals surface area contributed by atoms with Crippen molar-refractivity contribution in [2.75, 3.05) is 19.8 Å². The molecule has 1 aromatic rings. The van der Waals surface area contributed by atoms with Gasteiger partial charge in [-0.05, 0) is 24.1 Å². The summed E-state index contributed by atoms with van der Waals surface area (Å²) >= 11 is 11.9. The topological polar surface area (TPSA) is 55.5 Å². The average molecular weight is 276 g/mol. The van der Waals surface area contributed by atoms with E-state index in [1.165, 1.54) is 0 Å². The Morgan fingerprint density at radius 3 is 2.76 bits per heavy atom. The van der Waals surface area contributed by atoms with Gasteiger partial charge in [-0.3, -0.25) is 0 Å². The molecule has 0 bridgehead atoms. The van der Waals surface area contributed by atoms with Crippen molar-refractivity contribution in [1.29, 1.82) is 0 Å². The van der Waals surface area contributed by atoms with Gasteiger partial charge in [-0.2, -0.15) is 0 Å². The van der Waals surface area contributed by atoms with Crippen LogP contribution in [0.3, 0.4) is 0 Å². The smallest absolute Gasteiger partial charge is 0.0895 e. The number of nitrogens with two attached hydrogens (primary N) is 1. The Hall–Kier alpha value is -0.320. The molecule has 2 unspecified atom stereocenters. The van der Waals surface area contributed by atoms with E-state index in [-0.39, 0.29) is 0 Å². The van der Waals surface area contributed by atoms with Gasteiger partial charge in [-0.1, -0.05) is 29.3 Å². The van der Waals surface area contributed by atoms with Crippen LogP contribution in [0.2, 0.25) is 10.0 Å².